The fraction of sp³-hybridized carbons (Fsp3) is 0.786. The molecule has 0 bridgehead atoms. The van der Waals surface area contributed by atoms with Crippen LogP contribution in [0.2, 0.25) is 0 Å². The van der Waals surface area contributed by atoms with Crippen molar-refractivity contribution in [1.82, 2.24) is 0 Å². The minimum absolute atomic E-state index is 0. The van der Waals surface area contributed by atoms with Gasteiger partial charge in [0.2, 0.25) is 0 Å². The largest absolute Gasteiger partial charge is 3.00 e. The number of carboxylic acid groups (broad SMARTS) is 2. The van der Waals surface area contributed by atoms with Gasteiger partial charge in [0.25, 0.3) is 0 Å². The number of hydrogen-bond acceptors (Lipinski definition) is 4. The quantitative estimate of drug-likeness (QED) is 0.458. The molecule has 0 N–H and O–H groups in total. The van der Waals surface area contributed by atoms with Crippen molar-refractivity contribution in [3.63, 3.8) is 0 Å². The van der Waals surface area contributed by atoms with Crippen molar-refractivity contribution in [3.05, 3.63) is 6.92 Å². The minimum Gasteiger partial charge on any atom is -0.550 e. The van der Waals surface area contributed by atoms with Crippen molar-refractivity contribution in [2.24, 2.45) is 0 Å². The number of aliphatic carboxylic acids is 2. The number of carbonyl (C=O) groups excluding carboxylic acids is 2. The second-order valence-corrected chi connectivity index (χ2v) is 3.66. The maximum Gasteiger partial charge on any atom is 3.00 e. The van der Waals surface area contributed by atoms with Gasteiger partial charge in [0.1, 0.15) is 0 Å². The molecule has 0 aliphatic rings. The predicted molar refractivity (Wildman–Crippen MR) is 69.3 cm³/mol. The number of hydrogen-bond donors (Lipinski definition) is 0. The molecule has 0 saturated heterocycles. The van der Waals surface area contributed by atoms with Crippen LogP contribution >= 0.6 is 0 Å². The summed E-state index contributed by atoms with van der Waals surface area (Å²) in [5.74, 6) is -1.86. The smallest absolute Gasteiger partial charge is 0.550 e. The van der Waals surface area contributed by atoms with Crippen molar-refractivity contribution in [3.8, 4) is 0 Å². The molecule has 0 aliphatic carbocycles. The van der Waals surface area contributed by atoms with E-state index in [2.05, 4.69) is 6.92 Å². The second kappa shape index (κ2) is 26.6. The van der Waals surface area contributed by atoms with Gasteiger partial charge in [0.05, 0.1) is 0 Å². The van der Waals surface area contributed by atoms with E-state index < -0.39 is 11.9 Å². The third-order valence-corrected chi connectivity index (χ3v) is 1.97. The Balaban J connectivity index is -0.0000000999. The average molecular weight is 398 g/mol. The van der Waals surface area contributed by atoms with Crippen LogP contribution in [-0.2, 0) is 9.59 Å². The molecule has 19 heavy (non-hydrogen) atoms. The van der Waals surface area contributed by atoms with Crippen molar-refractivity contribution < 1.29 is 55.4 Å². The van der Waals surface area contributed by atoms with Crippen LogP contribution in [0.1, 0.15) is 72.1 Å². The molecule has 110 valence electrons. The fourth-order valence-electron chi connectivity index (χ4n) is 1.04. The Hall–Kier alpha value is 0.135. The number of carbonyl (C=O) groups is 2. The van der Waals surface area contributed by atoms with Gasteiger partial charge < -0.3 is 26.7 Å². The van der Waals surface area contributed by atoms with Crippen LogP contribution in [0.4, 0.5) is 0 Å². The third-order valence-electron chi connectivity index (χ3n) is 1.97. The zero-order valence-electron chi connectivity index (χ0n) is 12.6. The Bertz CT molecular complexity index is 164. The summed E-state index contributed by atoms with van der Waals surface area (Å²) in [6.07, 6.45) is 6.07. The summed E-state index contributed by atoms with van der Waals surface area (Å²) < 4.78 is 0. The van der Waals surface area contributed by atoms with Gasteiger partial charge in [-0.05, 0) is 25.7 Å². The molecule has 0 amide bonds. The molecule has 0 aromatic carbocycles. The molecule has 0 atom stereocenters. The topological polar surface area (TPSA) is 80.3 Å². The summed E-state index contributed by atoms with van der Waals surface area (Å²) >= 11 is 0. The molecule has 0 radical (unpaired) electrons. The van der Waals surface area contributed by atoms with Crippen molar-refractivity contribution in [2.75, 3.05) is 0 Å². The van der Waals surface area contributed by atoms with E-state index in [1.165, 1.54) is 0 Å². The summed E-state index contributed by atoms with van der Waals surface area (Å²) in [6.45, 7) is 9.07. The standard InChI is InChI=1S/2C6H12O2.C2H5.La/c2*1-2-3-4-5-6(7)8;1-2;/h2*2-5H2,1H3,(H,7,8);1H2,2H3;/q;;-1;+3/p-2. The SMILES string of the molecule is CCCCCC(=O)[O-].CCCCCC(=O)[O-].[CH2-]C.[La+3]. The maximum absolute atomic E-state index is 9.76. The van der Waals surface area contributed by atoms with Gasteiger partial charge in [-0.25, -0.2) is 0 Å². The molecule has 0 aliphatic heterocycles. The Morgan fingerprint density at radius 1 is 0.789 bits per heavy atom. The van der Waals surface area contributed by atoms with Crippen LogP contribution in [0.25, 0.3) is 0 Å². The molecule has 0 aromatic heterocycles. The van der Waals surface area contributed by atoms with Gasteiger partial charge in [-0.2, -0.15) is 6.92 Å². The van der Waals surface area contributed by atoms with Gasteiger partial charge in [-0.15, -0.1) is 0 Å². The van der Waals surface area contributed by atoms with Crippen LogP contribution in [0.3, 0.4) is 0 Å². The molecule has 0 rings (SSSR count). The predicted octanol–water partition coefficient (Wildman–Crippen LogP) is 1.47. The van der Waals surface area contributed by atoms with E-state index in [4.69, 9.17) is 0 Å². The molecule has 0 heterocycles. The normalized spacial score (nSPS) is 8.00. The second-order valence-electron chi connectivity index (χ2n) is 3.66. The Labute approximate surface area is 146 Å². The molecule has 4 nitrogen and oxygen atoms in total. The minimum atomic E-state index is -0.932. The van der Waals surface area contributed by atoms with Crippen LogP contribution in [0.5, 0.6) is 0 Å². The molecular formula is C14H27LaO4. The van der Waals surface area contributed by atoms with Gasteiger partial charge in [0.15, 0.2) is 0 Å². The van der Waals surface area contributed by atoms with E-state index in [9.17, 15) is 19.8 Å². The third kappa shape index (κ3) is 46.0. The molecule has 0 aromatic rings. The summed E-state index contributed by atoms with van der Waals surface area (Å²) in [5.41, 5.74) is 0. The van der Waals surface area contributed by atoms with E-state index in [1.807, 2.05) is 13.8 Å². The van der Waals surface area contributed by atoms with E-state index >= 15 is 0 Å². The zero-order chi connectivity index (χ0) is 14.8. The van der Waals surface area contributed by atoms with E-state index in [-0.39, 0.29) is 48.4 Å². The van der Waals surface area contributed by atoms with E-state index in [1.54, 1.807) is 6.92 Å². The van der Waals surface area contributed by atoms with Crippen LogP contribution < -0.4 is 10.2 Å². The Morgan fingerprint density at radius 2 is 1.05 bits per heavy atom. The fourth-order valence-corrected chi connectivity index (χ4v) is 1.04. The Kier molecular flexibility index (Phi) is 38.5. The monoisotopic (exact) mass is 398 g/mol. The van der Waals surface area contributed by atoms with Crippen molar-refractivity contribution in [1.29, 1.82) is 0 Å². The van der Waals surface area contributed by atoms with E-state index in [0.717, 1.165) is 38.5 Å². The van der Waals surface area contributed by atoms with Gasteiger partial charge in [-0.3, -0.25) is 0 Å². The summed E-state index contributed by atoms with van der Waals surface area (Å²) in [5, 5.41) is 19.5. The molecule has 0 unspecified atom stereocenters. The first-order valence-electron chi connectivity index (χ1n) is 6.64. The van der Waals surface area contributed by atoms with Crippen molar-refractivity contribution >= 4 is 11.9 Å². The first-order chi connectivity index (χ1) is 8.54. The summed E-state index contributed by atoms with van der Waals surface area (Å²) in [7, 11) is 0. The maximum atomic E-state index is 9.76. The van der Waals surface area contributed by atoms with Crippen LogP contribution in [0, 0.1) is 42.5 Å². The zero-order valence-corrected chi connectivity index (χ0v) is 16.2. The molecule has 0 saturated carbocycles. The van der Waals surface area contributed by atoms with E-state index in [0.29, 0.717) is 0 Å². The van der Waals surface area contributed by atoms with Crippen LogP contribution in [0.15, 0.2) is 0 Å². The first-order valence-corrected chi connectivity index (χ1v) is 6.64. The molecule has 5 heteroatoms. The summed E-state index contributed by atoms with van der Waals surface area (Å²) in [6, 6.07) is 0. The van der Waals surface area contributed by atoms with Crippen molar-refractivity contribution in [2.45, 2.75) is 72.1 Å². The number of unbranched alkanes of at least 4 members (excludes halogenated alkanes) is 4. The summed E-state index contributed by atoms with van der Waals surface area (Å²) in [4.78, 5) is 19.5. The molecular weight excluding hydrogens is 371 g/mol. The van der Waals surface area contributed by atoms with Gasteiger partial charge in [-0.1, -0.05) is 39.5 Å². The Morgan fingerprint density at radius 3 is 1.21 bits per heavy atom. The molecule has 0 spiro atoms. The molecule has 0 fully saturated rings. The van der Waals surface area contributed by atoms with Crippen LogP contribution in [-0.4, -0.2) is 11.9 Å². The number of carboxylic acids is 2. The van der Waals surface area contributed by atoms with Gasteiger partial charge in [0, 0.05) is 11.9 Å². The van der Waals surface area contributed by atoms with Gasteiger partial charge >= 0.3 is 35.6 Å². The number of rotatable bonds is 8. The average Bonchev–Trinajstić information content (AvgIpc) is 2.32. The first kappa shape index (κ1) is 27.5.